The Kier molecular flexibility index (Phi) is 10.8. The number of ether oxygens (including phenoxy) is 4. The maximum absolute atomic E-state index is 5.56. The summed E-state index contributed by atoms with van der Waals surface area (Å²) in [7, 11) is 6.66. The lowest BCUT2D eigenvalue weighted by Gasteiger charge is -2.43. The van der Waals surface area contributed by atoms with Crippen molar-refractivity contribution in [2.75, 3.05) is 72.7 Å². The molecule has 1 atom stereocenters. The van der Waals surface area contributed by atoms with E-state index in [1.54, 1.807) is 28.4 Å². The van der Waals surface area contributed by atoms with E-state index in [4.69, 9.17) is 18.9 Å². The van der Waals surface area contributed by atoms with Gasteiger partial charge in [0, 0.05) is 44.5 Å². The number of nitrogens with zero attached hydrogens (tertiary/aromatic N) is 2. The first kappa shape index (κ1) is 26.1. The minimum absolute atomic E-state index is 0. The van der Waals surface area contributed by atoms with Gasteiger partial charge in [0.25, 0.3) is 0 Å². The van der Waals surface area contributed by atoms with Crippen LogP contribution in [0.25, 0.3) is 0 Å². The van der Waals surface area contributed by atoms with Crippen molar-refractivity contribution in [3.8, 4) is 17.2 Å². The molecular weight excluding hydrogens is 531 g/mol. The van der Waals surface area contributed by atoms with Gasteiger partial charge in [-0.25, -0.2) is 0 Å². The number of thioether (sulfide) groups is 1. The summed E-state index contributed by atoms with van der Waals surface area (Å²) in [5, 5.41) is 6.96. The molecule has 8 nitrogen and oxygen atoms in total. The van der Waals surface area contributed by atoms with Crippen molar-refractivity contribution in [1.82, 2.24) is 15.5 Å². The third-order valence-corrected chi connectivity index (χ3v) is 6.99. The third-order valence-electron chi connectivity index (χ3n) is 5.76. The van der Waals surface area contributed by atoms with Crippen LogP contribution >= 0.6 is 35.7 Å². The number of benzene rings is 1. The molecule has 1 aromatic carbocycles. The Labute approximate surface area is 206 Å². The SMILES string of the molecule is CN=C(NCc1cc(OC)c(OC)c(OC)c1)NCC1(N2CCOCC2)CCSC1.I. The average molecular weight is 567 g/mol. The van der Waals surface area contributed by atoms with E-state index >= 15 is 0 Å². The van der Waals surface area contributed by atoms with E-state index in [1.165, 1.54) is 12.2 Å². The molecule has 0 radical (unpaired) electrons. The number of guanidine groups is 1. The summed E-state index contributed by atoms with van der Waals surface area (Å²) in [5.41, 5.74) is 1.19. The van der Waals surface area contributed by atoms with E-state index in [2.05, 4.69) is 20.5 Å². The van der Waals surface area contributed by atoms with Crippen LogP contribution in [0.3, 0.4) is 0 Å². The van der Waals surface area contributed by atoms with Crippen molar-refractivity contribution in [2.45, 2.75) is 18.5 Å². The van der Waals surface area contributed by atoms with Crippen molar-refractivity contribution in [2.24, 2.45) is 4.99 Å². The second-order valence-electron chi connectivity index (χ2n) is 7.44. The van der Waals surface area contributed by atoms with Crippen molar-refractivity contribution in [1.29, 1.82) is 0 Å². The van der Waals surface area contributed by atoms with Crippen LogP contribution in [-0.4, -0.2) is 89.1 Å². The summed E-state index contributed by atoms with van der Waals surface area (Å²) in [4.78, 5) is 7.01. The van der Waals surface area contributed by atoms with E-state index < -0.39 is 0 Å². The number of halogens is 1. The van der Waals surface area contributed by atoms with E-state index in [0.29, 0.717) is 23.8 Å². The number of hydrogen-bond acceptors (Lipinski definition) is 7. The molecule has 176 valence electrons. The monoisotopic (exact) mass is 566 g/mol. The maximum atomic E-state index is 5.56. The summed E-state index contributed by atoms with van der Waals surface area (Å²) < 4.78 is 21.9. The highest BCUT2D eigenvalue weighted by Gasteiger charge is 2.40. The lowest BCUT2D eigenvalue weighted by Crippen LogP contribution is -2.60. The number of morpholine rings is 1. The highest BCUT2D eigenvalue weighted by atomic mass is 127. The fraction of sp³-hybridized carbons (Fsp3) is 0.667. The van der Waals surface area contributed by atoms with Crippen LogP contribution < -0.4 is 24.8 Å². The molecule has 3 rings (SSSR count). The summed E-state index contributed by atoms with van der Waals surface area (Å²) in [6.07, 6.45) is 1.19. The molecular formula is C21H35IN4O4S. The molecule has 2 aliphatic rings. The van der Waals surface area contributed by atoms with Gasteiger partial charge >= 0.3 is 0 Å². The van der Waals surface area contributed by atoms with E-state index in [1.807, 2.05) is 23.9 Å². The normalized spacial score (nSPS) is 21.9. The smallest absolute Gasteiger partial charge is 0.203 e. The van der Waals surface area contributed by atoms with Crippen LogP contribution in [-0.2, 0) is 11.3 Å². The summed E-state index contributed by atoms with van der Waals surface area (Å²) in [5.74, 6) is 5.02. The molecule has 2 N–H and O–H groups in total. The number of methoxy groups -OCH3 is 3. The highest BCUT2D eigenvalue weighted by molar-refractivity contribution is 14.0. The summed E-state index contributed by atoms with van der Waals surface area (Å²) in [6, 6.07) is 3.90. The Hall–Kier alpha value is -1.11. The molecule has 0 saturated carbocycles. The fourth-order valence-corrected chi connectivity index (χ4v) is 5.50. The zero-order valence-corrected chi connectivity index (χ0v) is 22.0. The number of nitrogens with one attached hydrogen (secondary N) is 2. The third kappa shape index (κ3) is 6.45. The molecule has 0 amide bonds. The van der Waals surface area contributed by atoms with Gasteiger partial charge in [-0.1, -0.05) is 0 Å². The largest absolute Gasteiger partial charge is 0.493 e. The molecule has 0 aliphatic carbocycles. The quantitative estimate of drug-likeness (QED) is 0.282. The minimum Gasteiger partial charge on any atom is -0.493 e. The van der Waals surface area contributed by atoms with Crippen molar-refractivity contribution >= 4 is 41.7 Å². The van der Waals surface area contributed by atoms with E-state index in [9.17, 15) is 0 Å². The molecule has 1 unspecified atom stereocenters. The van der Waals surface area contributed by atoms with Crippen molar-refractivity contribution < 1.29 is 18.9 Å². The van der Waals surface area contributed by atoms with Crippen LogP contribution in [0.4, 0.5) is 0 Å². The fourth-order valence-electron chi connectivity index (χ4n) is 4.03. The van der Waals surface area contributed by atoms with Gasteiger partial charge in [0.1, 0.15) is 0 Å². The standard InChI is InChI=1S/C21H34N4O4S.HI/c1-22-20(23-13-16-11-17(26-2)19(28-4)18(12-16)27-3)24-14-21(5-10-30-15-21)25-6-8-29-9-7-25;/h11-12H,5-10,13-15H2,1-4H3,(H2,22,23,24);1H. The van der Waals surface area contributed by atoms with Gasteiger partial charge in [-0.05, 0) is 29.9 Å². The van der Waals surface area contributed by atoms with Crippen molar-refractivity contribution in [3.63, 3.8) is 0 Å². The van der Waals surface area contributed by atoms with Crippen LogP contribution in [0.15, 0.2) is 17.1 Å². The predicted molar refractivity (Wildman–Crippen MR) is 137 cm³/mol. The Balaban J connectivity index is 0.00000341. The Morgan fingerprint density at radius 1 is 1.13 bits per heavy atom. The second-order valence-corrected chi connectivity index (χ2v) is 8.54. The topological polar surface area (TPSA) is 76.6 Å². The molecule has 10 heteroatoms. The Morgan fingerprint density at radius 3 is 2.32 bits per heavy atom. The van der Waals surface area contributed by atoms with Gasteiger partial charge in [-0.2, -0.15) is 11.8 Å². The van der Waals surface area contributed by atoms with E-state index in [0.717, 1.165) is 50.1 Å². The molecule has 2 fully saturated rings. The minimum atomic E-state index is 0. The van der Waals surface area contributed by atoms with Crippen LogP contribution in [0.5, 0.6) is 17.2 Å². The first-order valence-electron chi connectivity index (χ1n) is 10.3. The van der Waals surface area contributed by atoms with Crippen LogP contribution in [0.2, 0.25) is 0 Å². The molecule has 2 aliphatic heterocycles. The first-order valence-corrected chi connectivity index (χ1v) is 11.4. The van der Waals surface area contributed by atoms with Crippen LogP contribution in [0, 0.1) is 0 Å². The highest BCUT2D eigenvalue weighted by Crippen LogP contribution is 2.38. The molecule has 0 bridgehead atoms. The van der Waals surface area contributed by atoms with Gasteiger partial charge < -0.3 is 29.6 Å². The number of aliphatic imine (C=N–C) groups is 1. The van der Waals surface area contributed by atoms with Gasteiger partial charge in [-0.3, -0.25) is 9.89 Å². The van der Waals surface area contributed by atoms with Gasteiger partial charge in [0.2, 0.25) is 5.75 Å². The Morgan fingerprint density at radius 2 is 1.81 bits per heavy atom. The zero-order chi connectivity index (χ0) is 21.4. The van der Waals surface area contributed by atoms with Gasteiger partial charge in [0.15, 0.2) is 17.5 Å². The lowest BCUT2D eigenvalue weighted by atomic mass is 9.95. The van der Waals surface area contributed by atoms with Gasteiger partial charge in [-0.15, -0.1) is 24.0 Å². The molecule has 1 aromatic rings. The predicted octanol–water partition coefficient (Wildman–Crippen LogP) is 2.20. The van der Waals surface area contributed by atoms with Gasteiger partial charge in [0.05, 0.1) is 34.5 Å². The zero-order valence-electron chi connectivity index (χ0n) is 18.9. The average Bonchev–Trinajstić information content (AvgIpc) is 3.29. The molecule has 0 spiro atoms. The lowest BCUT2D eigenvalue weighted by molar-refractivity contribution is -0.0120. The van der Waals surface area contributed by atoms with Crippen LogP contribution in [0.1, 0.15) is 12.0 Å². The summed E-state index contributed by atoms with van der Waals surface area (Å²) >= 11 is 2.03. The number of hydrogen-bond donors (Lipinski definition) is 2. The van der Waals surface area contributed by atoms with Crippen molar-refractivity contribution in [3.05, 3.63) is 17.7 Å². The molecule has 31 heavy (non-hydrogen) atoms. The maximum Gasteiger partial charge on any atom is 0.203 e. The summed E-state index contributed by atoms with van der Waals surface area (Å²) in [6.45, 7) is 5.10. The second kappa shape index (κ2) is 12.8. The first-order chi connectivity index (χ1) is 14.7. The molecule has 2 saturated heterocycles. The number of rotatable bonds is 8. The molecule has 0 aromatic heterocycles. The van der Waals surface area contributed by atoms with E-state index in [-0.39, 0.29) is 29.5 Å². The molecule has 2 heterocycles. The Bertz CT molecular complexity index is 700.